The van der Waals surface area contributed by atoms with Gasteiger partial charge in [0.2, 0.25) is 5.82 Å². The second-order valence-corrected chi connectivity index (χ2v) is 5.90. The van der Waals surface area contributed by atoms with Crippen molar-refractivity contribution in [3.8, 4) is 0 Å². The number of carbonyl (C=O) groups excluding carboxylic acids is 4. The van der Waals surface area contributed by atoms with E-state index in [-0.39, 0.29) is 11.1 Å². The number of hydrogen-bond acceptors (Lipinski definition) is 5. The average molecular weight is 428 g/mol. The fourth-order valence-corrected chi connectivity index (χ4v) is 2.59. The number of amides is 3. The van der Waals surface area contributed by atoms with Crippen LogP contribution in [0.1, 0.15) is 20.7 Å². The molecule has 0 spiro atoms. The van der Waals surface area contributed by atoms with Gasteiger partial charge in [-0.1, -0.05) is 12.1 Å². The molecule has 0 saturated carbocycles. The van der Waals surface area contributed by atoms with Gasteiger partial charge in [-0.15, -0.1) is 0 Å². The summed E-state index contributed by atoms with van der Waals surface area (Å²) in [6.07, 6.45) is 0. The lowest BCUT2D eigenvalue weighted by Crippen LogP contribution is -2.36. The molecule has 156 valence electrons. The van der Waals surface area contributed by atoms with Crippen molar-refractivity contribution in [2.45, 2.75) is 0 Å². The molecule has 0 aromatic heterocycles. The minimum Gasteiger partial charge on any atom is -0.454 e. The summed E-state index contributed by atoms with van der Waals surface area (Å²) in [4.78, 5) is 48.3. The Morgan fingerprint density at radius 3 is 1.80 bits per heavy atom. The molecule has 2 aromatic carbocycles. The molecule has 30 heavy (non-hydrogen) atoms. The fraction of sp³-hybridized carbons (Fsp3) is 0.111. The van der Waals surface area contributed by atoms with Gasteiger partial charge in [0.05, 0.1) is 11.1 Å². The van der Waals surface area contributed by atoms with Crippen LogP contribution in [-0.4, -0.2) is 41.7 Å². The zero-order chi connectivity index (χ0) is 22.2. The highest BCUT2D eigenvalue weighted by Crippen LogP contribution is 2.27. The number of hydrogen-bond donors (Lipinski definition) is 1. The lowest BCUT2D eigenvalue weighted by atomic mass is 10.1. The molecule has 1 aliphatic heterocycles. The van der Waals surface area contributed by atoms with Crippen LogP contribution < -0.4 is 5.32 Å². The van der Waals surface area contributed by atoms with Gasteiger partial charge in [0.15, 0.2) is 29.9 Å². The van der Waals surface area contributed by atoms with Crippen molar-refractivity contribution in [3.63, 3.8) is 0 Å². The summed E-state index contributed by atoms with van der Waals surface area (Å²) in [5.41, 5.74) is -1.48. The zero-order valence-corrected chi connectivity index (χ0v) is 14.6. The third-order valence-electron chi connectivity index (χ3n) is 4.00. The van der Waals surface area contributed by atoms with Crippen molar-refractivity contribution >= 4 is 29.4 Å². The molecule has 0 saturated heterocycles. The number of fused-ring (bicyclic) bond motifs is 1. The summed E-state index contributed by atoms with van der Waals surface area (Å²) in [6, 6.07) is 5.77. The number of benzene rings is 2. The second-order valence-electron chi connectivity index (χ2n) is 5.90. The van der Waals surface area contributed by atoms with Gasteiger partial charge in [-0.05, 0) is 12.1 Å². The Labute approximate surface area is 164 Å². The van der Waals surface area contributed by atoms with Crippen LogP contribution in [0.3, 0.4) is 0 Å². The van der Waals surface area contributed by atoms with Crippen molar-refractivity contribution in [3.05, 3.63) is 64.5 Å². The Balaban J connectivity index is 1.61. The van der Waals surface area contributed by atoms with E-state index in [1.54, 1.807) is 0 Å². The minimum atomic E-state index is -2.41. The number of halogens is 5. The molecule has 0 unspecified atom stereocenters. The third-order valence-corrected chi connectivity index (χ3v) is 4.00. The number of nitrogens with zero attached hydrogens (tertiary/aromatic N) is 1. The summed E-state index contributed by atoms with van der Waals surface area (Å²) in [5, 5.41) is 1.41. The highest BCUT2D eigenvalue weighted by Gasteiger charge is 2.36. The van der Waals surface area contributed by atoms with Gasteiger partial charge in [0, 0.05) is 0 Å². The maximum absolute atomic E-state index is 13.5. The number of carbonyl (C=O) groups is 4. The lowest BCUT2D eigenvalue weighted by molar-refractivity contribution is -0.147. The molecule has 1 heterocycles. The van der Waals surface area contributed by atoms with Gasteiger partial charge in [-0.2, -0.15) is 0 Å². The predicted octanol–water partition coefficient (Wildman–Crippen LogP) is 2.16. The molecular weight excluding hydrogens is 419 g/mol. The molecule has 0 radical (unpaired) electrons. The van der Waals surface area contributed by atoms with Gasteiger partial charge < -0.3 is 10.1 Å². The zero-order valence-electron chi connectivity index (χ0n) is 14.6. The maximum Gasteiger partial charge on any atom is 0.326 e. The minimum absolute atomic E-state index is 0.0688. The van der Waals surface area contributed by atoms with Gasteiger partial charge in [0.25, 0.3) is 17.7 Å². The Morgan fingerprint density at radius 1 is 0.833 bits per heavy atom. The topological polar surface area (TPSA) is 92.8 Å². The summed E-state index contributed by atoms with van der Waals surface area (Å²) in [6.45, 7) is -2.04. The first-order valence-electron chi connectivity index (χ1n) is 8.05. The smallest absolute Gasteiger partial charge is 0.326 e. The van der Waals surface area contributed by atoms with E-state index in [9.17, 15) is 41.1 Å². The van der Waals surface area contributed by atoms with Gasteiger partial charge in [-0.25, -0.2) is 22.0 Å². The molecule has 0 atom stereocenters. The van der Waals surface area contributed by atoms with Gasteiger partial charge >= 0.3 is 5.97 Å². The Kier molecular flexibility index (Phi) is 5.49. The highest BCUT2D eigenvalue weighted by molar-refractivity contribution is 6.22. The normalized spacial score (nSPS) is 12.8. The van der Waals surface area contributed by atoms with E-state index in [2.05, 4.69) is 4.74 Å². The van der Waals surface area contributed by atoms with E-state index in [1.165, 1.54) is 29.6 Å². The Morgan fingerprint density at radius 2 is 1.30 bits per heavy atom. The molecule has 12 heteroatoms. The molecule has 2 aromatic rings. The van der Waals surface area contributed by atoms with Crippen LogP contribution in [0.5, 0.6) is 0 Å². The predicted molar refractivity (Wildman–Crippen MR) is 87.6 cm³/mol. The van der Waals surface area contributed by atoms with E-state index in [1.807, 2.05) is 0 Å². The third kappa shape index (κ3) is 3.58. The monoisotopic (exact) mass is 428 g/mol. The van der Waals surface area contributed by atoms with E-state index in [0.717, 1.165) is 0 Å². The number of anilines is 1. The molecule has 0 bridgehead atoms. The number of rotatable bonds is 5. The summed E-state index contributed by atoms with van der Waals surface area (Å²) < 4.78 is 70.7. The standard InChI is InChI=1S/C18H9F5N2O5/c19-11-12(20)14(22)16(15(23)13(11)21)24-9(26)6-30-10(27)5-25-17(28)7-3-1-2-4-8(7)18(25)29/h1-4H,5-6H2,(H,24,26). The maximum atomic E-state index is 13.5. The summed E-state index contributed by atoms with van der Waals surface area (Å²) in [7, 11) is 0. The van der Waals surface area contributed by atoms with E-state index >= 15 is 0 Å². The van der Waals surface area contributed by atoms with Crippen LogP contribution in [-0.2, 0) is 14.3 Å². The van der Waals surface area contributed by atoms with Crippen molar-refractivity contribution in [2.75, 3.05) is 18.5 Å². The van der Waals surface area contributed by atoms with Crippen LogP contribution in [0.2, 0.25) is 0 Å². The molecular formula is C18H9F5N2O5. The molecule has 7 nitrogen and oxygen atoms in total. The largest absolute Gasteiger partial charge is 0.454 e. The summed E-state index contributed by atoms with van der Waals surface area (Å²) in [5.74, 6) is -15.7. The lowest BCUT2D eigenvalue weighted by Gasteiger charge is -2.13. The van der Waals surface area contributed by atoms with Crippen LogP contribution in [0, 0.1) is 29.1 Å². The van der Waals surface area contributed by atoms with Crippen LogP contribution in [0.4, 0.5) is 27.6 Å². The number of ether oxygens (including phenoxy) is 1. The van der Waals surface area contributed by atoms with Gasteiger partial charge in [0.1, 0.15) is 12.2 Å². The molecule has 1 N–H and O–H groups in total. The molecule has 0 fully saturated rings. The first-order valence-corrected chi connectivity index (χ1v) is 8.05. The van der Waals surface area contributed by atoms with Crippen LogP contribution >= 0.6 is 0 Å². The van der Waals surface area contributed by atoms with Gasteiger partial charge in [-0.3, -0.25) is 24.1 Å². The molecule has 1 aliphatic rings. The number of imide groups is 1. The quantitative estimate of drug-likeness (QED) is 0.259. The molecule has 3 rings (SSSR count). The number of nitrogens with one attached hydrogen (secondary N) is 1. The van der Waals surface area contributed by atoms with Crippen molar-refractivity contribution in [1.82, 2.24) is 4.90 Å². The van der Waals surface area contributed by atoms with Crippen LogP contribution in [0.15, 0.2) is 24.3 Å². The number of esters is 1. The fourth-order valence-electron chi connectivity index (χ4n) is 2.59. The summed E-state index contributed by atoms with van der Waals surface area (Å²) >= 11 is 0. The van der Waals surface area contributed by atoms with Crippen molar-refractivity contribution < 1.29 is 45.9 Å². The Hall–Kier alpha value is -3.83. The van der Waals surface area contributed by atoms with E-state index in [0.29, 0.717) is 4.90 Å². The van der Waals surface area contributed by atoms with E-state index < -0.39 is 71.6 Å². The van der Waals surface area contributed by atoms with Crippen molar-refractivity contribution in [1.29, 1.82) is 0 Å². The Bertz CT molecular complexity index is 1040. The average Bonchev–Trinajstić information content (AvgIpc) is 2.97. The van der Waals surface area contributed by atoms with Crippen LogP contribution in [0.25, 0.3) is 0 Å². The SMILES string of the molecule is O=C(COC(=O)CN1C(=O)c2ccccc2C1=O)Nc1c(F)c(F)c(F)c(F)c1F. The molecule has 3 amide bonds. The highest BCUT2D eigenvalue weighted by atomic mass is 19.2. The van der Waals surface area contributed by atoms with Crippen molar-refractivity contribution in [2.24, 2.45) is 0 Å². The molecule has 0 aliphatic carbocycles. The first-order chi connectivity index (χ1) is 14.1. The van der Waals surface area contributed by atoms with E-state index in [4.69, 9.17) is 0 Å². The second kappa shape index (κ2) is 7.89. The first kappa shape index (κ1) is 20.9.